The summed E-state index contributed by atoms with van der Waals surface area (Å²) >= 11 is 0. The number of aryl methyl sites for hydroxylation is 1. The van der Waals surface area contributed by atoms with Crippen LogP contribution in [0.1, 0.15) is 11.5 Å². The third-order valence-corrected chi connectivity index (χ3v) is 4.68. The van der Waals surface area contributed by atoms with Crippen LogP contribution < -0.4 is 15.0 Å². The van der Waals surface area contributed by atoms with Crippen LogP contribution in [0.5, 0.6) is 5.75 Å². The molecule has 0 bridgehead atoms. The van der Waals surface area contributed by atoms with Crippen LogP contribution in [0.4, 0.5) is 5.69 Å². The van der Waals surface area contributed by atoms with Crippen LogP contribution in [0.3, 0.4) is 0 Å². The Hall–Kier alpha value is -2.05. The molecule has 24 heavy (non-hydrogen) atoms. The SMILES string of the molecule is Cl.Cn1cc([C@H]2CNC[C@@H]2C(=O)N2CCOc3ccccc32)cn1. The molecule has 3 heterocycles. The van der Waals surface area contributed by atoms with E-state index < -0.39 is 0 Å². The van der Waals surface area contributed by atoms with Crippen molar-refractivity contribution >= 4 is 24.0 Å². The average Bonchev–Trinajstić information content (AvgIpc) is 3.22. The van der Waals surface area contributed by atoms with Crippen molar-refractivity contribution in [2.45, 2.75) is 5.92 Å². The van der Waals surface area contributed by atoms with Gasteiger partial charge in [-0.25, -0.2) is 0 Å². The van der Waals surface area contributed by atoms with Crippen molar-refractivity contribution in [3.05, 3.63) is 42.2 Å². The number of carbonyl (C=O) groups is 1. The van der Waals surface area contributed by atoms with E-state index in [0.717, 1.165) is 23.5 Å². The van der Waals surface area contributed by atoms with Crippen molar-refractivity contribution < 1.29 is 9.53 Å². The summed E-state index contributed by atoms with van der Waals surface area (Å²) in [7, 11) is 1.90. The van der Waals surface area contributed by atoms with Gasteiger partial charge in [-0.3, -0.25) is 9.48 Å². The van der Waals surface area contributed by atoms with Crippen molar-refractivity contribution in [1.82, 2.24) is 15.1 Å². The van der Waals surface area contributed by atoms with Crippen LogP contribution in [0.25, 0.3) is 0 Å². The average molecular weight is 349 g/mol. The van der Waals surface area contributed by atoms with Gasteiger partial charge in [0.25, 0.3) is 0 Å². The zero-order valence-electron chi connectivity index (χ0n) is 13.5. The minimum atomic E-state index is -0.0645. The maximum Gasteiger partial charge on any atom is 0.232 e. The van der Waals surface area contributed by atoms with Crippen LogP contribution in [0, 0.1) is 5.92 Å². The van der Waals surface area contributed by atoms with Gasteiger partial charge in [0.15, 0.2) is 0 Å². The number of carbonyl (C=O) groups excluding carboxylic acids is 1. The molecule has 4 rings (SSSR count). The zero-order chi connectivity index (χ0) is 15.8. The number of para-hydroxylation sites is 2. The maximum atomic E-state index is 13.2. The van der Waals surface area contributed by atoms with Crippen molar-refractivity contribution in [3.8, 4) is 5.75 Å². The molecular weight excluding hydrogens is 328 g/mol. The number of aromatic nitrogens is 2. The molecular formula is C17H21ClN4O2. The van der Waals surface area contributed by atoms with Gasteiger partial charge >= 0.3 is 0 Å². The van der Waals surface area contributed by atoms with Crippen molar-refractivity contribution in [3.63, 3.8) is 0 Å². The minimum Gasteiger partial charge on any atom is -0.490 e. The lowest BCUT2D eigenvalue weighted by molar-refractivity contribution is -0.122. The fraction of sp³-hybridized carbons (Fsp3) is 0.412. The highest BCUT2D eigenvalue weighted by Gasteiger charge is 2.38. The minimum absolute atomic E-state index is 0. The molecule has 0 spiro atoms. The van der Waals surface area contributed by atoms with E-state index in [9.17, 15) is 4.79 Å². The molecule has 2 aliphatic rings. The normalized spacial score (nSPS) is 22.5. The quantitative estimate of drug-likeness (QED) is 0.895. The van der Waals surface area contributed by atoms with Crippen molar-refractivity contribution in [2.24, 2.45) is 13.0 Å². The summed E-state index contributed by atoms with van der Waals surface area (Å²) < 4.78 is 7.45. The molecule has 1 N–H and O–H groups in total. The third-order valence-electron chi connectivity index (χ3n) is 4.68. The maximum absolute atomic E-state index is 13.2. The lowest BCUT2D eigenvalue weighted by atomic mass is 9.89. The molecule has 0 radical (unpaired) electrons. The second kappa shape index (κ2) is 6.83. The topological polar surface area (TPSA) is 59.4 Å². The number of hydrogen-bond acceptors (Lipinski definition) is 4. The number of benzene rings is 1. The summed E-state index contributed by atoms with van der Waals surface area (Å²) in [6.07, 6.45) is 3.87. The number of anilines is 1. The first-order valence-corrected chi connectivity index (χ1v) is 7.96. The van der Waals surface area contributed by atoms with E-state index in [1.165, 1.54) is 0 Å². The first-order chi connectivity index (χ1) is 11.2. The number of rotatable bonds is 2. The Morgan fingerprint density at radius 2 is 2.17 bits per heavy atom. The van der Waals surface area contributed by atoms with Gasteiger partial charge in [-0.2, -0.15) is 5.10 Å². The molecule has 1 saturated heterocycles. The van der Waals surface area contributed by atoms with E-state index in [0.29, 0.717) is 19.7 Å². The van der Waals surface area contributed by atoms with Crippen LogP contribution in [0.2, 0.25) is 0 Å². The van der Waals surface area contributed by atoms with E-state index in [-0.39, 0.29) is 30.2 Å². The Balaban J connectivity index is 0.00000169. The van der Waals surface area contributed by atoms with Gasteiger partial charge in [0.05, 0.1) is 24.3 Å². The van der Waals surface area contributed by atoms with Gasteiger partial charge in [0.2, 0.25) is 5.91 Å². The summed E-state index contributed by atoms with van der Waals surface area (Å²) in [5.74, 6) is 1.06. The molecule has 7 heteroatoms. The summed E-state index contributed by atoms with van der Waals surface area (Å²) in [6, 6.07) is 7.75. The van der Waals surface area contributed by atoms with E-state index in [1.807, 2.05) is 48.6 Å². The van der Waals surface area contributed by atoms with Gasteiger partial charge < -0.3 is 15.0 Å². The molecule has 1 fully saturated rings. The largest absolute Gasteiger partial charge is 0.490 e. The summed E-state index contributed by atoms with van der Waals surface area (Å²) in [5.41, 5.74) is 2.00. The van der Waals surface area contributed by atoms with E-state index in [1.54, 1.807) is 4.68 Å². The molecule has 2 aromatic rings. The number of halogens is 1. The third kappa shape index (κ3) is 2.87. The van der Waals surface area contributed by atoms with Crippen LogP contribution in [-0.4, -0.2) is 41.9 Å². The Labute approximate surface area is 147 Å². The van der Waals surface area contributed by atoms with Crippen molar-refractivity contribution in [1.29, 1.82) is 0 Å². The van der Waals surface area contributed by atoms with E-state index in [2.05, 4.69) is 10.4 Å². The van der Waals surface area contributed by atoms with Gasteiger partial charge in [-0.1, -0.05) is 12.1 Å². The van der Waals surface area contributed by atoms with Gasteiger partial charge in [-0.05, 0) is 17.7 Å². The number of fused-ring (bicyclic) bond motifs is 1. The Bertz CT molecular complexity index is 733. The molecule has 0 aliphatic carbocycles. The van der Waals surface area contributed by atoms with E-state index >= 15 is 0 Å². The first-order valence-electron chi connectivity index (χ1n) is 7.96. The number of amides is 1. The lowest BCUT2D eigenvalue weighted by Gasteiger charge is -2.32. The second-order valence-corrected chi connectivity index (χ2v) is 6.12. The molecule has 2 aliphatic heterocycles. The predicted octanol–water partition coefficient (Wildman–Crippen LogP) is 1.57. The summed E-state index contributed by atoms with van der Waals surface area (Å²) in [6.45, 7) is 2.67. The predicted molar refractivity (Wildman–Crippen MR) is 93.8 cm³/mol. The number of ether oxygens (including phenoxy) is 1. The van der Waals surface area contributed by atoms with Gasteiger partial charge in [0, 0.05) is 32.3 Å². The Morgan fingerprint density at radius 3 is 2.96 bits per heavy atom. The second-order valence-electron chi connectivity index (χ2n) is 6.12. The highest BCUT2D eigenvalue weighted by Crippen LogP contribution is 2.35. The molecule has 0 unspecified atom stereocenters. The van der Waals surface area contributed by atoms with Crippen LogP contribution in [-0.2, 0) is 11.8 Å². The highest BCUT2D eigenvalue weighted by atomic mass is 35.5. The van der Waals surface area contributed by atoms with Crippen LogP contribution in [0.15, 0.2) is 36.7 Å². The summed E-state index contributed by atoms with van der Waals surface area (Å²) in [5, 5.41) is 7.61. The molecule has 2 atom stereocenters. The number of nitrogens with one attached hydrogen (secondary N) is 1. The monoisotopic (exact) mass is 348 g/mol. The number of nitrogens with zero attached hydrogens (tertiary/aromatic N) is 3. The van der Waals surface area contributed by atoms with E-state index in [4.69, 9.17) is 4.74 Å². The fourth-order valence-corrected chi connectivity index (χ4v) is 3.52. The Kier molecular flexibility index (Phi) is 4.78. The smallest absolute Gasteiger partial charge is 0.232 e. The number of hydrogen-bond donors (Lipinski definition) is 1. The molecule has 1 aromatic heterocycles. The lowest BCUT2D eigenvalue weighted by Crippen LogP contribution is -2.43. The Morgan fingerprint density at radius 1 is 1.33 bits per heavy atom. The molecule has 6 nitrogen and oxygen atoms in total. The molecule has 0 saturated carbocycles. The molecule has 128 valence electrons. The zero-order valence-corrected chi connectivity index (χ0v) is 14.3. The first kappa shape index (κ1) is 16.8. The van der Waals surface area contributed by atoms with Gasteiger partial charge in [-0.15, -0.1) is 12.4 Å². The molecule has 1 amide bonds. The highest BCUT2D eigenvalue weighted by molar-refractivity contribution is 5.97. The van der Waals surface area contributed by atoms with Crippen molar-refractivity contribution in [2.75, 3.05) is 31.1 Å². The fourth-order valence-electron chi connectivity index (χ4n) is 3.52. The summed E-state index contributed by atoms with van der Waals surface area (Å²) in [4.78, 5) is 15.0. The standard InChI is InChI=1S/C17H20N4O2.ClH/c1-20-11-12(8-19-20)13-9-18-10-14(13)17(22)21-6-7-23-16-5-3-2-4-15(16)21;/h2-5,8,11,13-14,18H,6-7,9-10H2,1H3;1H/t13-,14+;/m1./s1. The molecule has 1 aromatic carbocycles. The van der Waals surface area contributed by atoms with Gasteiger partial charge in [0.1, 0.15) is 12.4 Å². The van der Waals surface area contributed by atoms with Crippen LogP contribution >= 0.6 is 12.4 Å².